The number of urea groups is 1. The van der Waals surface area contributed by atoms with Gasteiger partial charge in [0.1, 0.15) is 0 Å². The van der Waals surface area contributed by atoms with Gasteiger partial charge in [0.25, 0.3) is 0 Å². The zero-order valence-corrected chi connectivity index (χ0v) is 20.2. The molecular formula is C25H29F5N4O2. The fraction of sp³-hybridized carbons (Fsp3) is 0.440. The number of rotatable bonds is 10. The van der Waals surface area contributed by atoms with E-state index in [1.807, 2.05) is 19.1 Å². The van der Waals surface area contributed by atoms with E-state index in [0.717, 1.165) is 5.56 Å². The van der Waals surface area contributed by atoms with Crippen molar-refractivity contribution in [1.29, 1.82) is 0 Å². The molecule has 3 rings (SSSR count). The van der Waals surface area contributed by atoms with Crippen LogP contribution in [-0.4, -0.2) is 45.7 Å². The van der Waals surface area contributed by atoms with E-state index in [2.05, 4.69) is 15.0 Å². The molecule has 0 aliphatic carbocycles. The van der Waals surface area contributed by atoms with Crippen molar-refractivity contribution < 1.29 is 31.5 Å². The lowest BCUT2D eigenvalue weighted by molar-refractivity contribution is -0.136. The Morgan fingerprint density at radius 2 is 1.94 bits per heavy atom. The van der Waals surface area contributed by atoms with E-state index in [1.54, 1.807) is 47.7 Å². The molecule has 1 unspecified atom stereocenters. The number of fused-ring (bicyclic) bond motifs is 1. The second-order valence-corrected chi connectivity index (χ2v) is 8.43. The lowest BCUT2D eigenvalue weighted by atomic mass is 10.00. The number of benzene rings is 1. The van der Waals surface area contributed by atoms with Gasteiger partial charge in [-0.15, -0.1) is 0 Å². The van der Waals surface area contributed by atoms with Crippen molar-refractivity contribution in [3.63, 3.8) is 0 Å². The number of nitrogens with zero attached hydrogens (tertiary/aromatic N) is 3. The second kappa shape index (κ2) is 11.6. The van der Waals surface area contributed by atoms with Crippen molar-refractivity contribution in [2.75, 3.05) is 6.54 Å². The average Bonchev–Trinajstić information content (AvgIpc) is 3.30. The molecule has 2 amide bonds. The predicted octanol–water partition coefficient (Wildman–Crippen LogP) is 6.82. The first-order valence-electron chi connectivity index (χ1n) is 11.7. The van der Waals surface area contributed by atoms with E-state index in [1.165, 1.54) is 12.3 Å². The van der Waals surface area contributed by atoms with Gasteiger partial charge in [-0.25, -0.2) is 9.78 Å². The highest BCUT2D eigenvalue weighted by Crippen LogP contribution is 2.31. The van der Waals surface area contributed by atoms with Gasteiger partial charge >= 0.3 is 18.8 Å². The summed E-state index contributed by atoms with van der Waals surface area (Å²) in [5.74, 6) is -0.0648. The molecule has 0 fully saturated rings. The smallest absolute Gasteiger partial charge is 0.389 e. The molecule has 0 spiro atoms. The number of ether oxygens (including phenoxy) is 1. The molecular weight excluding hydrogens is 483 g/mol. The number of amides is 2. The molecule has 3 aromatic rings. The van der Waals surface area contributed by atoms with Crippen LogP contribution in [0, 0.1) is 0 Å². The Balaban J connectivity index is 1.82. The molecule has 0 saturated heterocycles. The minimum atomic E-state index is -4.28. The Morgan fingerprint density at radius 1 is 1.19 bits per heavy atom. The SMILES string of the molecule is CCC(CCC(F)(F)F)NC(=O)N(CC)[C@H](C)c1cccc(-c2cc(OC(F)F)c3nccn3c2)c1. The van der Waals surface area contributed by atoms with E-state index >= 15 is 0 Å². The standard InChI is InChI=1S/C25H29F5N4O2/c1-4-20(9-10-25(28,29)30)32-24(35)34(5-2)16(3)17-7-6-8-18(13-17)19-14-21(36-23(26)27)22-31-11-12-33(22)15-19/h6-8,11-16,20,23H,4-5,9-10H2,1-3H3,(H,32,35)/t16-,20?/m1/s1. The number of hydrogen-bond donors (Lipinski definition) is 1. The Morgan fingerprint density at radius 3 is 2.58 bits per heavy atom. The maximum Gasteiger partial charge on any atom is 0.389 e. The molecule has 0 aliphatic heterocycles. The Bertz CT molecular complexity index is 1160. The molecule has 1 N–H and O–H groups in total. The molecule has 196 valence electrons. The number of nitrogens with one attached hydrogen (secondary N) is 1. The third kappa shape index (κ3) is 6.86. The Labute approximate surface area is 206 Å². The van der Waals surface area contributed by atoms with Crippen molar-refractivity contribution in [2.45, 2.75) is 64.9 Å². The van der Waals surface area contributed by atoms with Crippen LogP contribution >= 0.6 is 0 Å². The normalized spacial score (nSPS) is 13.6. The summed E-state index contributed by atoms with van der Waals surface area (Å²) < 4.78 is 70.0. The quantitative estimate of drug-likeness (QED) is 0.304. The molecule has 2 atom stereocenters. The van der Waals surface area contributed by atoms with Crippen LogP contribution in [0.15, 0.2) is 48.9 Å². The monoisotopic (exact) mass is 512 g/mol. The number of imidazole rings is 1. The second-order valence-electron chi connectivity index (χ2n) is 8.43. The molecule has 0 aliphatic rings. The molecule has 0 bridgehead atoms. The summed E-state index contributed by atoms with van der Waals surface area (Å²) in [5, 5.41) is 2.72. The lowest BCUT2D eigenvalue weighted by Gasteiger charge is -2.31. The number of hydrogen-bond acceptors (Lipinski definition) is 3. The predicted molar refractivity (Wildman–Crippen MR) is 126 cm³/mol. The van der Waals surface area contributed by atoms with Gasteiger partial charge in [0.2, 0.25) is 0 Å². The van der Waals surface area contributed by atoms with Gasteiger partial charge in [-0.2, -0.15) is 22.0 Å². The summed E-state index contributed by atoms with van der Waals surface area (Å²) in [7, 11) is 0. The first kappa shape index (κ1) is 27.2. The lowest BCUT2D eigenvalue weighted by Crippen LogP contribution is -2.45. The van der Waals surface area contributed by atoms with E-state index in [0.29, 0.717) is 24.1 Å². The zero-order valence-electron chi connectivity index (χ0n) is 20.2. The maximum absolute atomic E-state index is 12.9. The fourth-order valence-electron chi connectivity index (χ4n) is 4.07. The topological polar surface area (TPSA) is 58.9 Å². The molecule has 0 radical (unpaired) electrons. The third-order valence-corrected chi connectivity index (χ3v) is 6.04. The summed E-state index contributed by atoms with van der Waals surface area (Å²) in [6.45, 7) is 2.67. The first-order valence-corrected chi connectivity index (χ1v) is 11.7. The summed E-state index contributed by atoms with van der Waals surface area (Å²) >= 11 is 0. The van der Waals surface area contributed by atoms with Crippen molar-refractivity contribution in [1.82, 2.24) is 19.6 Å². The van der Waals surface area contributed by atoms with Crippen LogP contribution in [0.4, 0.5) is 26.7 Å². The van der Waals surface area contributed by atoms with Crippen molar-refractivity contribution >= 4 is 11.7 Å². The zero-order chi connectivity index (χ0) is 26.5. The van der Waals surface area contributed by atoms with Crippen LogP contribution in [0.3, 0.4) is 0 Å². The third-order valence-electron chi connectivity index (χ3n) is 6.04. The molecule has 2 aromatic heterocycles. The Kier molecular flexibility index (Phi) is 8.75. The van der Waals surface area contributed by atoms with Crippen LogP contribution in [0.2, 0.25) is 0 Å². The minimum Gasteiger partial charge on any atom is -0.431 e. The van der Waals surface area contributed by atoms with E-state index < -0.39 is 37.3 Å². The maximum atomic E-state index is 12.9. The van der Waals surface area contributed by atoms with Gasteiger partial charge in [-0.1, -0.05) is 25.1 Å². The van der Waals surface area contributed by atoms with Crippen LogP contribution < -0.4 is 10.1 Å². The van der Waals surface area contributed by atoms with Crippen molar-refractivity contribution in [3.8, 4) is 16.9 Å². The number of aromatic nitrogens is 2. The summed E-state index contributed by atoms with van der Waals surface area (Å²) in [4.78, 5) is 18.5. The average molecular weight is 513 g/mol. The number of alkyl halides is 5. The molecule has 1 aromatic carbocycles. The first-order chi connectivity index (χ1) is 17.0. The highest BCUT2D eigenvalue weighted by Gasteiger charge is 2.29. The van der Waals surface area contributed by atoms with E-state index in [-0.39, 0.29) is 17.8 Å². The Hall–Kier alpha value is -3.37. The highest BCUT2D eigenvalue weighted by molar-refractivity contribution is 5.75. The van der Waals surface area contributed by atoms with E-state index in [9.17, 15) is 26.7 Å². The number of halogens is 5. The van der Waals surface area contributed by atoms with Gasteiger partial charge in [0.15, 0.2) is 11.4 Å². The van der Waals surface area contributed by atoms with Crippen LogP contribution in [-0.2, 0) is 0 Å². The van der Waals surface area contributed by atoms with E-state index in [4.69, 9.17) is 0 Å². The summed E-state index contributed by atoms with van der Waals surface area (Å²) in [6.07, 6.45) is -0.219. The number of carbonyl (C=O) groups is 1. The van der Waals surface area contributed by atoms with Crippen molar-refractivity contribution in [3.05, 3.63) is 54.5 Å². The van der Waals surface area contributed by atoms with Gasteiger partial charge in [-0.3, -0.25) is 0 Å². The molecule has 2 heterocycles. The van der Waals surface area contributed by atoms with Gasteiger partial charge < -0.3 is 19.4 Å². The highest BCUT2D eigenvalue weighted by atomic mass is 19.4. The minimum absolute atomic E-state index is 0.0648. The number of carbonyl (C=O) groups excluding carboxylic acids is 1. The van der Waals surface area contributed by atoms with Gasteiger partial charge in [0, 0.05) is 43.2 Å². The van der Waals surface area contributed by atoms with Gasteiger partial charge in [0.05, 0.1) is 6.04 Å². The summed E-state index contributed by atoms with van der Waals surface area (Å²) in [6, 6.07) is 7.30. The molecule has 36 heavy (non-hydrogen) atoms. The van der Waals surface area contributed by atoms with Crippen LogP contribution in [0.5, 0.6) is 5.75 Å². The number of pyridine rings is 1. The molecule has 0 saturated carbocycles. The molecule has 6 nitrogen and oxygen atoms in total. The largest absolute Gasteiger partial charge is 0.431 e. The fourth-order valence-corrected chi connectivity index (χ4v) is 4.07. The van der Waals surface area contributed by atoms with Crippen LogP contribution in [0.25, 0.3) is 16.8 Å². The summed E-state index contributed by atoms with van der Waals surface area (Å²) in [5.41, 5.74) is 2.35. The van der Waals surface area contributed by atoms with Crippen LogP contribution in [0.1, 0.15) is 51.6 Å². The van der Waals surface area contributed by atoms with Crippen molar-refractivity contribution in [2.24, 2.45) is 0 Å². The van der Waals surface area contributed by atoms with Gasteiger partial charge in [-0.05, 0) is 49.9 Å². The molecule has 11 heteroatoms.